The van der Waals surface area contributed by atoms with Gasteiger partial charge in [-0.2, -0.15) is 0 Å². The molecule has 0 heterocycles. The lowest BCUT2D eigenvalue weighted by molar-refractivity contribution is -0.274. The Kier molecular flexibility index (Phi) is 4.61. The Balaban J connectivity index is 1.70. The van der Waals surface area contributed by atoms with Crippen LogP contribution in [0.2, 0.25) is 0 Å². The van der Waals surface area contributed by atoms with Crippen molar-refractivity contribution in [2.24, 2.45) is 0 Å². The van der Waals surface area contributed by atoms with Gasteiger partial charge in [-0.1, -0.05) is 49.4 Å². The van der Waals surface area contributed by atoms with Crippen molar-refractivity contribution in [2.75, 3.05) is 0 Å². The summed E-state index contributed by atoms with van der Waals surface area (Å²) < 4.78 is 56.0. The summed E-state index contributed by atoms with van der Waals surface area (Å²) in [5, 5.41) is 0. The van der Waals surface area contributed by atoms with Crippen LogP contribution in [-0.4, -0.2) is 6.36 Å². The van der Waals surface area contributed by atoms with Crippen molar-refractivity contribution in [3.05, 3.63) is 77.1 Å². The van der Waals surface area contributed by atoms with Crippen LogP contribution in [-0.2, 0) is 19.3 Å². The summed E-state index contributed by atoms with van der Waals surface area (Å²) in [4.78, 5) is 0. The zero-order valence-corrected chi connectivity index (χ0v) is 15.2. The lowest BCUT2D eigenvalue weighted by Gasteiger charge is -2.22. The number of hydrogen-bond acceptors (Lipinski definition) is 1. The fourth-order valence-electron chi connectivity index (χ4n) is 3.77. The van der Waals surface area contributed by atoms with Crippen LogP contribution in [0.4, 0.5) is 17.6 Å². The molecular weight excluding hydrogens is 368 g/mol. The van der Waals surface area contributed by atoms with Gasteiger partial charge >= 0.3 is 6.36 Å². The molecule has 28 heavy (non-hydrogen) atoms. The van der Waals surface area contributed by atoms with Gasteiger partial charge in [0.05, 0.1) is 0 Å². The molecule has 5 heteroatoms. The van der Waals surface area contributed by atoms with Crippen LogP contribution in [0.25, 0.3) is 22.3 Å². The number of fused-ring (bicyclic) bond motifs is 3. The molecule has 0 N–H and O–H groups in total. The third-order valence-electron chi connectivity index (χ3n) is 5.15. The zero-order chi connectivity index (χ0) is 19.9. The summed E-state index contributed by atoms with van der Waals surface area (Å²) in [7, 11) is 0. The predicted molar refractivity (Wildman–Crippen MR) is 101 cm³/mol. The Morgan fingerprint density at radius 1 is 0.857 bits per heavy atom. The molecule has 0 atom stereocenters. The van der Waals surface area contributed by atoms with Crippen LogP contribution >= 0.6 is 0 Å². The highest BCUT2D eigenvalue weighted by atomic mass is 19.4. The third kappa shape index (κ3) is 3.49. The van der Waals surface area contributed by atoms with E-state index in [0.717, 1.165) is 24.0 Å². The minimum Gasteiger partial charge on any atom is -0.406 e. The standard InChI is InChI=1S/C23H18F4O/c1-2-14-3-9-18-16(13-14)6-10-21-20(18)12-11-19(22(21)24)15-4-7-17(8-5-15)28-23(25,26)27/h3-5,7-9,11-13H,2,6,10H2,1H3. The lowest BCUT2D eigenvalue weighted by atomic mass is 9.83. The fourth-order valence-corrected chi connectivity index (χ4v) is 3.77. The van der Waals surface area contributed by atoms with E-state index in [4.69, 9.17) is 0 Å². The lowest BCUT2D eigenvalue weighted by Crippen LogP contribution is -2.16. The van der Waals surface area contributed by atoms with Gasteiger partial charge in [0.2, 0.25) is 0 Å². The highest BCUT2D eigenvalue weighted by molar-refractivity contribution is 5.78. The molecule has 4 rings (SSSR count). The average molecular weight is 386 g/mol. The molecule has 0 radical (unpaired) electrons. The normalized spacial score (nSPS) is 13.0. The van der Waals surface area contributed by atoms with Gasteiger partial charge in [-0.3, -0.25) is 0 Å². The molecule has 1 aliphatic carbocycles. The van der Waals surface area contributed by atoms with Crippen molar-refractivity contribution in [1.29, 1.82) is 0 Å². The second kappa shape index (κ2) is 6.97. The van der Waals surface area contributed by atoms with Gasteiger partial charge in [0.25, 0.3) is 0 Å². The smallest absolute Gasteiger partial charge is 0.406 e. The Hall–Kier alpha value is -2.82. The molecule has 0 aromatic heterocycles. The molecule has 0 spiro atoms. The monoisotopic (exact) mass is 386 g/mol. The number of ether oxygens (including phenoxy) is 1. The molecular formula is C23H18F4O. The van der Waals surface area contributed by atoms with Crippen molar-refractivity contribution >= 4 is 0 Å². The van der Waals surface area contributed by atoms with E-state index in [1.165, 1.54) is 35.4 Å². The molecule has 3 aromatic rings. The molecule has 0 saturated heterocycles. The van der Waals surface area contributed by atoms with Crippen molar-refractivity contribution in [3.63, 3.8) is 0 Å². The minimum absolute atomic E-state index is 0.313. The van der Waals surface area contributed by atoms with E-state index >= 15 is 4.39 Å². The summed E-state index contributed by atoms with van der Waals surface area (Å²) in [6.45, 7) is 2.11. The Bertz CT molecular complexity index is 1020. The van der Waals surface area contributed by atoms with E-state index in [-0.39, 0.29) is 11.6 Å². The van der Waals surface area contributed by atoms with Crippen LogP contribution in [0.15, 0.2) is 54.6 Å². The van der Waals surface area contributed by atoms with E-state index in [1.54, 1.807) is 6.07 Å². The van der Waals surface area contributed by atoms with Crippen molar-refractivity contribution < 1.29 is 22.3 Å². The summed E-state index contributed by atoms with van der Waals surface area (Å²) in [5.74, 6) is -0.637. The maximum absolute atomic E-state index is 15.2. The fraction of sp³-hybridized carbons (Fsp3) is 0.217. The minimum atomic E-state index is -4.75. The first-order valence-corrected chi connectivity index (χ1v) is 9.15. The first-order chi connectivity index (χ1) is 13.4. The van der Waals surface area contributed by atoms with Gasteiger partial charge in [-0.15, -0.1) is 13.2 Å². The molecule has 0 aliphatic heterocycles. The SMILES string of the molecule is CCc1ccc2c(c1)CCc1c-2ccc(-c2ccc(OC(F)(F)F)cc2)c1F. The number of aryl methyl sites for hydroxylation is 2. The zero-order valence-electron chi connectivity index (χ0n) is 15.2. The van der Waals surface area contributed by atoms with Gasteiger partial charge in [-0.05, 0) is 64.8 Å². The Labute approximate surface area is 160 Å². The maximum Gasteiger partial charge on any atom is 0.573 e. The van der Waals surface area contributed by atoms with Gasteiger partial charge in [0, 0.05) is 5.56 Å². The molecule has 144 valence electrons. The molecule has 0 bridgehead atoms. The highest BCUT2D eigenvalue weighted by Gasteiger charge is 2.31. The van der Waals surface area contributed by atoms with E-state index < -0.39 is 6.36 Å². The Morgan fingerprint density at radius 2 is 1.54 bits per heavy atom. The van der Waals surface area contributed by atoms with Crippen molar-refractivity contribution in [2.45, 2.75) is 32.5 Å². The molecule has 0 unspecified atom stereocenters. The molecule has 0 amide bonds. The topological polar surface area (TPSA) is 9.23 Å². The number of rotatable bonds is 3. The third-order valence-corrected chi connectivity index (χ3v) is 5.15. The second-order valence-corrected chi connectivity index (χ2v) is 6.87. The van der Waals surface area contributed by atoms with Crippen molar-refractivity contribution in [1.82, 2.24) is 0 Å². The first kappa shape index (κ1) is 18.5. The largest absolute Gasteiger partial charge is 0.573 e. The quantitative estimate of drug-likeness (QED) is 0.454. The molecule has 3 aromatic carbocycles. The molecule has 1 aliphatic rings. The van der Waals surface area contributed by atoms with Gasteiger partial charge in [0.1, 0.15) is 11.6 Å². The van der Waals surface area contributed by atoms with Crippen LogP contribution in [0.5, 0.6) is 5.75 Å². The van der Waals surface area contributed by atoms with E-state index in [9.17, 15) is 13.2 Å². The van der Waals surface area contributed by atoms with Crippen molar-refractivity contribution in [3.8, 4) is 28.0 Å². The predicted octanol–water partition coefficient (Wildman–Crippen LogP) is 6.72. The summed E-state index contributed by atoms with van der Waals surface area (Å²) >= 11 is 0. The summed E-state index contributed by atoms with van der Waals surface area (Å²) in [6.07, 6.45) is -2.41. The highest BCUT2D eigenvalue weighted by Crippen LogP contribution is 2.39. The molecule has 0 saturated carbocycles. The molecule has 1 nitrogen and oxygen atoms in total. The maximum atomic E-state index is 15.2. The van der Waals surface area contributed by atoms with Crippen LogP contribution in [0, 0.1) is 5.82 Å². The Morgan fingerprint density at radius 3 is 2.21 bits per heavy atom. The van der Waals surface area contributed by atoms with E-state index in [2.05, 4.69) is 29.9 Å². The second-order valence-electron chi connectivity index (χ2n) is 6.87. The van der Waals surface area contributed by atoms with E-state index in [0.29, 0.717) is 23.1 Å². The first-order valence-electron chi connectivity index (χ1n) is 9.15. The van der Waals surface area contributed by atoms with Crippen LogP contribution in [0.1, 0.15) is 23.6 Å². The summed E-state index contributed by atoms with van der Waals surface area (Å²) in [6, 6.07) is 15.2. The van der Waals surface area contributed by atoms with E-state index in [1.807, 2.05) is 6.07 Å². The average Bonchev–Trinajstić information content (AvgIpc) is 2.67. The molecule has 0 fully saturated rings. The summed E-state index contributed by atoms with van der Waals surface area (Å²) in [5.41, 5.74) is 5.99. The van der Waals surface area contributed by atoms with Gasteiger partial charge in [-0.25, -0.2) is 4.39 Å². The number of alkyl halides is 3. The van der Waals surface area contributed by atoms with Gasteiger partial charge in [0.15, 0.2) is 0 Å². The van der Waals surface area contributed by atoms with Crippen LogP contribution in [0.3, 0.4) is 0 Å². The van der Waals surface area contributed by atoms with Gasteiger partial charge < -0.3 is 4.74 Å². The number of benzene rings is 3. The van der Waals surface area contributed by atoms with Crippen LogP contribution < -0.4 is 4.74 Å². The number of halogens is 4. The number of hydrogen-bond donors (Lipinski definition) is 0.